The second-order valence-electron chi connectivity index (χ2n) is 5.70. The first kappa shape index (κ1) is 14.8. The van der Waals surface area contributed by atoms with Crippen molar-refractivity contribution in [3.05, 3.63) is 47.8 Å². The molecule has 0 spiro atoms. The average molecular weight is 298 g/mol. The van der Waals surface area contributed by atoms with E-state index in [0.717, 1.165) is 49.7 Å². The minimum Gasteiger partial charge on any atom is -0.497 e. The molecule has 1 aromatic heterocycles. The van der Waals surface area contributed by atoms with Gasteiger partial charge in [-0.15, -0.1) is 0 Å². The van der Waals surface area contributed by atoms with Gasteiger partial charge in [-0.1, -0.05) is 12.1 Å². The largest absolute Gasteiger partial charge is 0.497 e. The smallest absolute Gasteiger partial charge is 0.225 e. The van der Waals surface area contributed by atoms with Gasteiger partial charge in [0, 0.05) is 31.7 Å². The van der Waals surface area contributed by atoms with Crippen molar-refractivity contribution in [2.75, 3.05) is 25.1 Å². The molecule has 1 aromatic carbocycles. The first-order chi connectivity index (χ1) is 10.7. The van der Waals surface area contributed by atoms with Crippen molar-refractivity contribution in [3.8, 4) is 5.75 Å². The third kappa shape index (κ3) is 3.54. The van der Waals surface area contributed by atoms with Crippen LogP contribution < -0.4 is 15.4 Å². The molecular weight excluding hydrogens is 276 g/mol. The molecule has 0 saturated carbocycles. The summed E-state index contributed by atoms with van der Waals surface area (Å²) in [6.45, 7) is 1.87. The Labute approximate surface area is 131 Å². The van der Waals surface area contributed by atoms with Crippen LogP contribution in [0.1, 0.15) is 24.1 Å². The number of ether oxygens (including phenoxy) is 1. The predicted molar refractivity (Wildman–Crippen MR) is 87.3 cm³/mol. The topological polar surface area (TPSA) is 64.3 Å². The monoisotopic (exact) mass is 298 g/mol. The molecule has 5 nitrogen and oxygen atoms in total. The first-order valence-electron chi connectivity index (χ1n) is 7.70. The predicted octanol–water partition coefficient (Wildman–Crippen LogP) is 2.00. The van der Waals surface area contributed by atoms with Crippen LogP contribution in [-0.4, -0.2) is 36.2 Å². The van der Waals surface area contributed by atoms with E-state index in [1.807, 2.05) is 30.5 Å². The molecule has 0 unspecified atom stereocenters. The van der Waals surface area contributed by atoms with E-state index in [4.69, 9.17) is 15.5 Å². The van der Waals surface area contributed by atoms with E-state index < -0.39 is 0 Å². The fourth-order valence-corrected chi connectivity index (χ4v) is 2.73. The van der Waals surface area contributed by atoms with Gasteiger partial charge in [0.1, 0.15) is 5.75 Å². The molecule has 2 N–H and O–H groups in total. The lowest BCUT2D eigenvalue weighted by Crippen LogP contribution is -2.40. The molecule has 5 heteroatoms. The third-order valence-electron chi connectivity index (χ3n) is 4.04. The Kier molecular flexibility index (Phi) is 4.53. The Morgan fingerprint density at radius 3 is 2.86 bits per heavy atom. The van der Waals surface area contributed by atoms with E-state index in [9.17, 15) is 0 Å². The number of benzene rings is 1. The Balaban J connectivity index is 1.73. The van der Waals surface area contributed by atoms with Crippen LogP contribution in [0.4, 0.5) is 5.95 Å². The van der Waals surface area contributed by atoms with Gasteiger partial charge in [0.15, 0.2) is 0 Å². The van der Waals surface area contributed by atoms with Crippen LogP contribution in [0.15, 0.2) is 36.5 Å². The number of rotatable bonds is 4. The number of nitrogens with two attached hydrogens (primary N) is 1. The Bertz CT molecular complexity index is 624. The van der Waals surface area contributed by atoms with Gasteiger partial charge >= 0.3 is 0 Å². The molecule has 1 saturated heterocycles. The van der Waals surface area contributed by atoms with Gasteiger partial charge in [0.25, 0.3) is 0 Å². The molecule has 2 aromatic rings. The summed E-state index contributed by atoms with van der Waals surface area (Å²) in [6.07, 6.45) is 4.62. The second-order valence-corrected chi connectivity index (χ2v) is 5.70. The number of aromatic nitrogens is 2. The van der Waals surface area contributed by atoms with Gasteiger partial charge in [-0.25, -0.2) is 9.97 Å². The van der Waals surface area contributed by atoms with Crippen molar-refractivity contribution in [1.29, 1.82) is 0 Å². The lowest BCUT2D eigenvalue weighted by molar-refractivity contribution is 0.414. The molecular formula is C17H22N4O. The Hall–Kier alpha value is -2.14. The molecule has 0 radical (unpaired) electrons. The van der Waals surface area contributed by atoms with Crippen molar-refractivity contribution >= 4 is 5.95 Å². The highest BCUT2D eigenvalue weighted by atomic mass is 16.5. The van der Waals surface area contributed by atoms with E-state index in [1.165, 1.54) is 5.56 Å². The van der Waals surface area contributed by atoms with Gasteiger partial charge in [-0.05, 0) is 36.6 Å². The maximum atomic E-state index is 5.96. The number of anilines is 1. The summed E-state index contributed by atoms with van der Waals surface area (Å²) in [6, 6.07) is 10.4. The van der Waals surface area contributed by atoms with Gasteiger partial charge in [-0.2, -0.15) is 0 Å². The molecule has 1 fully saturated rings. The molecule has 0 aliphatic carbocycles. The zero-order valence-corrected chi connectivity index (χ0v) is 12.9. The SMILES string of the molecule is COc1cccc(Cc2ccnc(N3CCC(N)CC3)n2)c1. The van der Waals surface area contributed by atoms with E-state index in [-0.39, 0.29) is 0 Å². The summed E-state index contributed by atoms with van der Waals surface area (Å²) in [7, 11) is 1.68. The fraction of sp³-hybridized carbons (Fsp3) is 0.412. The molecule has 3 rings (SSSR count). The lowest BCUT2D eigenvalue weighted by Gasteiger charge is -2.30. The minimum absolute atomic E-state index is 0.316. The van der Waals surface area contributed by atoms with E-state index in [0.29, 0.717) is 6.04 Å². The normalized spacial score (nSPS) is 15.8. The van der Waals surface area contributed by atoms with Crippen molar-refractivity contribution < 1.29 is 4.74 Å². The molecule has 22 heavy (non-hydrogen) atoms. The van der Waals surface area contributed by atoms with E-state index in [2.05, 4.69) is 16.0 Å². The summed E-state index contributed by atoms with van der Waals surface area (Å²) in [4.78, 5) is 11.3. The van der Waals surface area contributed by atoms with E-state index >= 15 is 0 Å². The Morgan fingerprint density at radius 1 is 1.27 bits per heavy atom. The number of piperidine rings is 1. The van der Waals surface area contributed by atoms with E-state index in [1.54, 1.807) is 7.11 Å². The average Bonchev–Trinajstić information content (AvgIpc) is 2.56. The van der Waals surface area contributed by atoms with Crippen LogP contribution >= 0.6 is 0 Å². The van der Waals surface area contributed by atoms with Crippen molar-refractivity contribution in [3.63, 3.8) is 0 Å². The molecule has 1 aliphatic rings. The first-order valence-corrected chi connectivity index (χ1v) is 7.70. The lowest BCUT2D eigenvalue weighted by atomic mass is 10.1. The van der Waals surface area contributed by atoms with Crippen LogP contribution in [0, 0.1) is 0 Å². The maximum absolute atomic E-state index is 5.96. The molecule has 1 aliphatic heterocycles. The summed E-state index contributed by atoms with van der Waals surface area (Å²) in [5.74, 6) is 1.68. The summed E-state index contributed by atoms with van der Waals surface area (Å²) >= 11 is 0. The summed E-state index contributed by atoms with van der Waals surface area (Å²) in [5.41, 5.74) is 8.16. The number of methoxy groups -OCH3 is 1. The third-order valence-corrected chi connectivity index (χ3v) is 4.04. The maximum Gasteiger partial charge on any atom is 0.225 e. The molecule has 0 amide bonds. The van der Waals surface area contributed by atoms with Crippen molar-refractivity contribution in [2.24, 2.45) is 5.73 Å². The quantitative estimate of drug-likeness (QED) is 0.935. The minimum atomic E-state index is 0.316. The standard InChI is InChI=1S/C17H22N4O/c1-22-16-4-2-3-13(12-16)11-15-5-8-19-17(20-15)21-9-6-14(18)7-10-21/h2-5,8,12,14H,6-7,9-11,18H2,1H3. The summed E-state index contributed by atoms with van der Waals surface area (Å²) in [5, 5.41) is 0. The molecule has 0 bridgehead atoms. The number of hydrogen-bond acceptors (Lipinski definition) is 5. The van der Waals surface area contributed by atoms with Crippen LogP contribution in [0.2, 0.25) is 0 Å². The number of hydrogen-bond donors (Lipinski definition) is 1. The number of nitrogens with zero attached hydrogens (tertiary/aromatic N) is 3. The second kappa shape index (κ2) is 6.75. The van der Waals surface area contributed by atoms with Crippen LogP contribution in [-0.2, 0) is 6.42 Å². The molecule has 116 valence electrons. The highest BCUT2D eigenvalue weighted by molar-refractivity contribution is 5.34. The zero-order valence-electron chi connectivity index (χ0n) is 12.9. The van der Waals surface area contributed by atoms with Crippen LogP contribution in [0.5, 0.6) is 5.75 Å². The highest BCUT2D eigenvalue weighted by Gasteiger charge is 2.18. The molecule has 2 heterocycles. The summed E-state index contributed by atoms with van der Waals surface area (Å²) < 4.78 is 5.27. The molecule has 0 atom stereocenters. The Morgan fingerprint density at radius 2 is 2.09 bits per heavy atom. The van der Waals surface area contributed by atoms with Gasteiger partial charge in [-0.3, -0.25) is 0 Å². The zero-order chi connectivity index (χ0) is 15.4. The van der Waals surface area contributed by atoms with Crippen LogP contribution in [0.3, 0.4) is 0 Å². The highest BCUT2D eigenvalue weighted by Crippen LogP contribution is 2.18. The van der Waals surface area contributed by atoms with Gasteiger partial charge < -0.3 is 15.4 Å². The van der Waals surface area contributed by atoms with Gasteiger partial charge in [0.2, 0.25) is 5.95 Å². The van der Waals surface area contributed by atoms with Crippen molar-refractivity contribution in [1.82, 2.24) is 9.97 Å². The van der Waals surface area contributed by atoms with Gasteiger partial charge in [0.05, 0.1) is 12.8 Å². The van der Waals surface area contributed by atoms with Crippen LogP contribution in [0.25, 0.3) is 0 Å². The van der Waals surface area contributed by atoms with Crippen molar-refractivity contribution in [2.45, 2.75) is 25.3 Å². The fourth-order valence-electron chi connectivity index (χ4n) is 2.73.